The van der Waals surface area contributed by atoms with E-state index < -0.39 is 0 Å². The molecule has 1 aromatic carbocycles. The molecule has 2 heterocycles. The van der Waals surface area contributed by atoms with Gasteiger partial charge in [-0.1, -0.05) is 24.3 Å². The Hall–Kier alpha value is -3.45. The van der Waals surface area contributed by atoms with Gasteiger partial charge in [0.05, 0.1) is 17.8 Å². The first-order chi connectivity index (χ1) is 15.5. The number of anilines is 1. The Morgan fingerprint density at radius 2 is 2.00 bits per heavy atom. The van der Waals surface area contributed by atoms with Gasteiger partial charge in [-0.05, 0) is 38.5 Å². The maximum absolute atomic E-state index is 10.5. The molecule has 0 aliphatic heterocycles. The summed E-state index contributed by atoms with van der Waals surface area (Å²) in [4.78, 5) is 25.6. The minimum atomic E-state index is 0.0304. The predicted molar refractivity (Wildman–Crippen MR) is 132 cm³/mol. The quantitative estimate of drug-likeness (QED) is 0.256. The number of carbonyl (C=O) groups excluding carboxylic acids is 1. The molecule has 0 saturated heterocycles. The molecule has 0 bridgehead atoms. The number of para-hydroxylation sites is 1. The number of rotatable bonds is 10. The number of hydrogen-bond acceptors (Lipinski definition) is 5. The highest BCUT2D eigenvalue weighted by Gasteiger charge is 2.16. The number of allylic oxidation sites excluding steroid dienone is 1. The Kier molecular flexibility index (Phi) is 9.63. The van der Waals surface area contributed by atoms with Crippen LogP contribution in [-0.2, 0) is 11.2 Å². The molecular formula is C25H33N5O2. The standard InChI is InChI=1S/C22H27N5O2.C3H6/c1-4-10-27(11-12-28)22-16(3)24-19-7-5-6-17(21(19)26-22)20-13-15(2)18(25-20)8-9-23-14-29;1-3-2/h4-7,13-14,25,28H,1,8-12H2,2-3H3,(H,23,29);3H,1H2,2H3. The third-order valence-electron chi connectivity index (χ3n) is 4.88. The van der Waals surface area contributed by atoms with E-state index in [-0.39, 0.29) is 6.61 Å². The number of aromatic amines is 1. The lowest BCUT2D eigenvalue weighted by Gasteiger charge is -2.23. The number of aryl methyl sites for hydroxylation is 2. The van der Waals surface area contributed by atoms with Crippen LogP contribution < -0.4 is 10.2 Å². The number of carbonyl (C=O) groups is 1. The summed E-state index contributed by atoms with van der Waals surface area (Å²) >= 11 is 0. The van der Waals surface area contributed by atoms with Crippen molar-refractivity contribution in [1.82, 2.24) is 20.3 Å². The van der Waals surface area contributed by atoms with Gasteiger partial charge in [0.25, 0.3) is 0 Å². The fourth-order valence-electron chi connectivity index (χ4n) is 3.50. The monoisotopic (exact) mass is 435 g/mol. The summed E-state index contributed by atoms with van der Waals surface area (Å²) in [5.41, 5.74) is 6.60. The van der Waals surface area contributed by atoms with E-state index in [1.165, 1.54) is 0 Å². The lowest BCUT2D eigenvalue weighted by Crippen LogP contribution is -2.28. The van der Waals surface area contributed by atoms with Gasteiger partial charge in [-0.15, -0.1) is 13.2 Å². The van der Waals surface area contributed by atoms with Gasteiger partial charge >= 0.3 is 0 Å². The van der Waals surface area contributed by atoms with E-state index >= 15 is 0 Å². The largest absolute Gasteiger partial charge is 0.395 e. The molecule has 7 heteroatoms. The minimum absolute atomic E-state index is 0.0304. The molecule has 0 radical (unpaired) electrons. The van der Waals surface area contributed by atoms with Crippen molar-refractivity contribution >= 4 is 23.3 Å². The van der Waals surface area contributed by atoms with E-state index in [1.54, 1.807) is 12.2 Å². The number of amides is 1. The van der Waals surface area contributed by atoms with Crippen molar-refractivity contribution in [3.8, 4) is 11.3 Å². The number of aliphatic hydroxyl groups is 1. The minimum Gasteiger partial charge on any atom is -0.395 e. The van der Waals surface area contributed by atoms with Crippen LogP contribution >= 0.6 is 0 Å². The van der Waals surface area contributed by atoms with Crippen molar-refractivity contribution in [3.63, 3.8) is 0 Å². The highest BCUT2D eigenvalue weighted by atomic mass is 16.3. The molecule has 1 amide bonds. The number of nitrogens with zero attached hydrogens (tertiary/aromatic N) is 3. The summed E-state index contributed by atoms with van der Waals surface area (Å²) in [5.74, 6) is 0.748. The van der Waals surface area contributed by atoms with Gasteiger partial charge in [0.2, 0.25) is 6.41 Å². The number of nitrogens with one attached hydrogen (secondary N) is 2. The Morgan fingerprint density at radius 1 is 1.25 bits per heavy atom. The number of fused-ring (bicyclic) bond motifs is 1. The zero-order valence-corrected chi connectivity index (χ0v) is 19.2. The van der Waals surface area contributed by atoms with Crippen LogP contribution in [0.3, 0.4) is 0 Å². The Morgan fingerprint density at radius 3 is 2.66 bits per heavy atom. The molecule has 2 aromatic heterocycles. The van der Waals surface area contributed by atoms with Crippen molar-refractivity contribution in [3.05, 3.63) is 66.5 Å². The average Bonchev–Trinajstić information content (AvgIpc) is 3.14. The Bertz CT molecular complexity index is 1060. The first-order valence-electron chi connectivity index (χ1n) is 10.7. The molecule has 0 atom stereocenters. The zero-order chi connectivity index (χ0) is 23.5. The van der Waals surface area contributed by atoms with Crippen molar-refractivity contribution in [2.24, 2.45) is 0 Å². The highest BCUT2D eigenvalue weighted by molar-refractivity contribution is 5.91. The molecule has 32 heavy (non-hydrogen) atoms. The summed E-state index contributed by atoms with van der Waals surface area (Å²) in [6, 6.07) is 8.06. The van der Waals surface area contributed by atoms with E-state index in [0.717, 1.165) is 51.5 Å². The second kappa shape index (κ2) is 12.4. The molecule has 7 nitrogen and oxygen atoms in total. The summed E-state index contributed by atoms with van der Waals surface area (Å²) < 4.78 is 0. The smallest absolute Gasteiger partial charge is 0.207 e. The number of benzene rings is 1. The number of aromatic nitrogens is 3. The van der Waals surface area contributed by atoms with E-state index in [4.69, 9.17) is 9.97 Å². The fourth-order valence-corrected chi connectivity index (χ4v) is 3.50. The summed E-state index contributed by atoms with van der Waals surface area (Å²) in [6.07, 6.45) is 4.99. The van der Waals surface area contributed by atoms with E-state index in [2.05, 4.69) is 36.4 Å². The molecule has 0 aliphatic carbocycles. The van der Waals surface area contributed by atoms with Gasteiger partial charge in [-0.3, -0.25) is 4.79 Å². The third kappa shape index (κ3) is 6.04. The molecule has 0 spiro atoms. The lowest BCUT2D eigenvalue weighted by molar-refractivity contribution is -0.109. The van der Waals surface area contributed by atoms with E-state index in [0.29, 0.717) is 26.0 Å². The molecule has 3 N–H and O–H groups in total. The lowest BCUT2D eigenvalue weighted by atomic mass is 10.1. The van der Waals surface area contributed by atoms with Gasteiger partial charge in [0.1, 0.15) is 5.52 Å². The fraction of sp³-hybridized carbons (Fsp3) is 0.320. The van der Waals surface area contributed by atoms with Crippen LogP contribution in [0.5, 0.6) is 0 Å². The molecule has 0 aliphatic rings. The van der Waals surface area contributed by atoms with Crippen LogP contribution in [0.4, 0.5) is 5.82 Å². The van der Waals surface area contributed by atoms with Crippen molar-refractivity contribution in [1.29, 1.82) is 0 Å². The molecule has 0 fully saturated rings. The predicted octanol–water partition coefficient (Wildman–Crippen LogP) is 3.71. The average molecular weight is 436 g/mol. The van der Waals surface area contributed by atoms with Crippen LogP contribution in [0.1, 0.15) is 23.9 Å². The summed E-state index contributed by atoms with van der Waals surface area (Å²) in [5, 5.41) is 12.1. The van der Waals surface area contributed by atoms with Crippen LogP contribution in [0.15, 0.2) is 49.6 Å². The maximum atomic E-state index is 10.5. The summed E-state index contributed by atoms with van der Waals surface area (Å²) in [6.45, 7) is 14.7. The topological polar surface area (TPSA) is 94.1 Å². The SMILES string of the molecule is C=CC.C=CCN(CCO)c1nc2c(-c3cc(C)c(CCNC=O)[nH]3)cccc2nc1C. The van der Waals surface area contributed by atoms with Crippen LogP contribution in [0, 0.1) is 13.8 Å². The second-order valence-electron chi connectivity index (χ2n) is 7.34. The van der Waals surface area contributed by atoms with Crippen LogP contribution in [0.2, 0.25) is 0 Å². The molecule has 170 valence electrons. The van der Waals surface area contributed by atoms with E-state index in [9.17, 15) is 9.90 Å². The maximum Gasteiger partial charge on any atom is 0.207 e. The summed E-state index contributed by atoms with van der Waals surface area (Å²) in [7, 11) is 0. The van der Waals surface area contributed by atoms with Gasteiger partial charge in [0, 0.05) is 43.0 Å². The van der Waals surface area contributed by atoms with Crippen molar-refractivity contribution in [2.45, 2.75) is 27.2 Å². The van der Waals surface area contributed by atoms with Crippen LogP contribution in [-0.4, -0.2) is 52.7 Å². The molecule has 0 saturated carbocycles. The van der Waals surface area contributed by atoms with Gasteiger partial charge in [-0.25, -0.2) is 9.97 Å². The third-order valence-corrected chi connectivity index (χ3v) is 4.88. The van der Waals surface area contributed by atoms with Gasteiger partial charge < -0.3 is 20.3 Å². The van der Waals surface area contributed by atoms with Crippen molar-refractivity contribution < 1.29 is 9.90 Å². The van der Waals surface area contributed by atoms with Crippen LogP contribution in [0.25, 0.3) is 22.3 Å². The van der Waals surface area contributed by atoms with Gasteiger partial charge in [-0.2, -0.15) is 0 Å². The first kappa shape index (κ1) is 24.8. The van der Waals surface area contributed by atoms with E-state index in [1.807, 2.05) is 36.9 Å². The number of H-pyrrole nitrogens is 1. The van der Waals surface area contributed by atoms with Gasteiger partial charge in [0.15, 0.2) is 5.82 Å². The Balaban J connectivity index is 0.00000114. The molecule has 3 aromatic rings. The zero-order valence-electron chi connectivity index (χ0n) is 19.2. The van der Waals surface area contributed by atoms with Crippen molar-refractivity contribution in [2.75, 3.05) is 31.1 Å². The number of aliphatic hydroxyl groups excluding tert-OH is 1. The second-order valence-corrected chi connectivity index (χ2v) is 7.34. The molecule has 0 unspecified atom stereocenters. The molecule has 3 rings (SSSR count). The first-order valence-corrected chi connectivity index (χ1v) is 10.7. The molecular weight excluding hydrogens is 402 g/mol. The number of hydrogen-bond donors (Lipinski definition) is 3. The highest BCUT2D eigenvalue weighted by Crippen LogP contribution is 2.30. The Labute approximate surface area is 189 Å². The normalized spacial score (nSPS) is 10.2.